The SMILES string of the molecule is CC(C)S(=O)(=O)n1ccc2c(OCCCN(Cc3cccc(C(F)(F)F)c3Cl)CC(c3ccccc3)c3ccccc3)cccc21. The van der Waals surface area contributed by atoms with Gasteiger partial charge in [0.05, 0.1) is 28.0 Å². The molecule has 0 atom stereocenters. The fourth-order valence-electron chi connectivity index (χ4n) is 5.59. The van der Waals surface area contributed by atoms with Crippen molar-refractivity contribution in [2.45, 2.75) is 44.2 Å². The predicted molar refractivity (Wildman–Crippen MR) is 178 cm³/mol. The van der Waals surface area contributed by atoms with E-state index in [-0.39, 0.29) is 17.5 Å². The third kappa shape index (κ3) is 7.60. The highest BCUT2D eigenvalue weighted by molar-refractivity contribution is 7.90. The molecule has 1 heterocycles. The first-order valence-corrected chi connectivity index (χ1v) is 17.0. The molecule has 0 spiro atoms. The number of fused-ring (bicyclic) bond motifs is 1. The maximum Gasteiger partial charge on any atom is 0.417 e. The maximum atomic E-state index is 13.7. The Labute approximate surface area is 273 Å². The van der Waals surface area contributed by atoms with Crippen molar-refractivity contribution in [3.05, 3.63) is 137 Å². The van der Waals surface area contributed by atoms with Crippen LogP contribution in [0.1, 0.15) is 48.4 Å². The van der Waals surface area contributed by atoms with Crippen molar-refractivity contribution in [1.29, 1.82) is 0 Å². The van der Waals surface area contributed by atoms with E-state index >= 15 is 0 Å². The summed E-state index contributed by atoms with van der Waals surface area (Å²) in [4.78, 5) is 2.11. The highest BCUT2D eigenvalue weighted by atomic mass is 35.5. The van der Waals surface area contributed by atoms with Crippen LogP contribution in [0.15, 0.2) is 109 Å². The zero-order chi connectivity index (χ0) is 32.9. The van der Waals surface area contributed by atoms with Gasteiger partial charge in [0.1, 0.15) is 5.75 Å². The molecule has 1 aromatic heterocycles. The van der Waals surface area contributed by atoms with E-state index in [0.717, 1.165) is 17.2 Å². The third-order valence-electron chi connectivity index (χ3n) is 8.03. The Morgan fingerprint density at radius 3 is 2.09 bits per heavy atom. The summed E-state index contributed by atoms with van der Waals surface area (Å²) >= 11 is 6.34. The average Bonchev–Trinajstić information content (AvgIpc) is 3.49. The summed E-state index contributed by atoms with van der Waals surface area (Å²) in [5.41, 5.74) is 2.28. The molecule has 242 valence electrons. The number of halogens is 4. The Balaban J connectivity index is 1.38. The van der Waals surface area contributed by atoms with Gasteiger partial charge in [0.2, 0.25) is 10.0 Å². The Kier molecular flexibility index (Phi) is 10.5. The van der Waals surface area contributed by atoms with E-state index in [9.17, 15) is 21.6 Å². The molecule has 0 aliphatic carbocycles. The molecular formula is C36H36ClF3N2O3S. The Morgan fingerprint density at radius 1 is 0.848 bits per heavy atom. The fourth-order valence-corrected chi connectivity index (χ4v) is 7.00. The van der Waals surface area contributed by atoms with Gasteiger partial charge in [0.15, 0.2) is 0 Å². The molecule has 0 saturated carbocycles. The summed E-state index contributed by atoms with van der Waals surface area (Å²) in [5.74, 6) is 0.526. The predicted octanol–water partition coefficient (Wildman–Crippen LogP) is 9.00. The molecule has 0 aliphatic heterocycles. The van der Waals surface area contributed by atoms with Crippen molar-refractivity contribution in [1.82, 2.24) is 8.87 Å². The topological polar surface area (TPSA) is 51.5 Å². The van der Waals surface area contributed by atoms with Gasteiger partial charge in [-0.15, -0.1) is 0 Å². The molecule has 0 amide bonds. The lowest BCUT2D eigenvalue weighted by Crippen LogP contribution is -2.31. The zero-order valence-electron chi connectivity index (χ0n) is 25.6. The van der Waals surface area contributed by atoms with Crippen LogP contribution in [0.3, 0.4) is 0 Å². The van der Waals surface area contributed by atoms with Crippen molar-refractivity contribution in [3.8, 4) is 5.75 Å². The molecule has 10 heteroatoms. The fraction of sp³-hybridized carbons (Fsp3) is 0.278. The van der Waals surface area contributed by atoms with Crippen molar-refractivity contribution >= 4 is 32.5 Å². The van der Waals surface area contributed by atoms with Gasteiger partial charge >= 0.3 is 6.18 Å². The molecule has 0 radical (unpaired) electrons. The number of rotatable bonds is 13. The lowest BCUT2D eigenvalue weighted by Gasteiger charge is -2.29. The molecule has 46 heavy (non-hydrogen) atoms. The molecule has 4 aromatic carbocycles. The first-order chi connectivity index (χ1) is 22.0. The number of ether oxygens (including phenoxy) is 1. The lowest BCUT2D eigenvalue weighted by atomic mass is 9.90. The van der Waals surface area contributed by atoms with Crippen molar-refractivity contribution in [2.24, 2.45) is 0 Å². The number of benzene rings is 4. The molecule has 5 rings (SSSR count). The van der Waals surface area contributed by atoms with E-state index in [1.165, 1.54) is 10.0 Å². The van der Waals surface area contributed by atoms with Crippen molar-refractivity contribution in [2.75, 3.05) is 19.7 Å². The van der Waals surface area contributed by atoms with Crippen LogP contribution in [-0.4, -0.2) is 42.2 Å². The molecule has 0 fully saturated rings. The standard InChI is InChI=1S/C36H36ClF3N2O3S/c1-26(2)46(43,44)42-22-20-30-33(42)18-10-19-34(30)45-23-11-21-41(24-29-16-9-17-32(35(29)37)36(38,39)40)25-31(27-12-5-3-6-13-27)28-14-7-4-8-15-28/h3-10,12-20,22,26,31H,11,21,23-25H2,1-2H3. The second kappa shape index (κ2) is 14.3. The minimum absolute atomic E-state index is 0.0377. The van der Waals surface area contributed by atoms with Gasteiger partial charge in [0, 0.05) is 37.1 Å². The summed E-state index contributed by atoms with van der Waals surface area (Å²) in [5, 5.41) is -0.188. The van der Waals surface area contributed by atoms with Gasteiger partial charge in [-0.2, -0.15) is 13.2 Å². The second-order valence-electron chi connectivity index (χ2n) is 11.5. The van der Waals surface area contributed by atoms with Crippen LogP contribution in [0.2, 0.25) is 5.02 Å². The Morgan fingerprint density at radius 2 is 1.48 bits per heavy atom. The van der Waals surface area contributed by atoms with E-state index in [4.69, 9.17) is 16.3 Å². The summed E-state index contributed by atoms with van der Waals surface area (Å²) in [6, 6.07) is 31.1. The van der Waals surface area contributed by atoms with Gasteiger partial charge in [-0.25, -0.2) is 12.4 Å². The Bertz CT molecular complexity index is 1820. The molecule has 0 aliphatic rings. The van der Waals surface area contributed by atoms with Gasteiger partial charge < -0.3 is 4.74 Å². The molecule has 0 bridgehead atoms. The van der Waals surface area contributed by atoms with Crippen LogP contribution < -0.4 is 4.74 Å². The molecule has 5 nitrogen and oxygen atoms in total. The average molecular weight is 669 g/mol. The minimum atomic E-state index is -4.56. The quantitative estimate of drug-likeness (QED) is 0.118. The first-order valence-electron chi connectivity index (χ1n) is 15.1. The van der Waals surface area contributed by atoms with E-state index in [1.807, 2.05) is 36.4 Å². The van der Waals surface area contributed by atoms with E-state index < -0.39 is 27.0 Å². The van der Waals surface area contributed by atoms with E-state index in [2.05, 4.69) is 29.2 Å². The first kappa shape index (κ1) is 33.6. The van der Waals surface area contributed by atoms with Crippen LogP contribution in [-0.2, 0) is 22.7 Å². The summed E-state index contributed by atoms with van der Waals surface area (Å²) in [7, 11) is -3.54. The Hall–Kier alpha value is -3.79. The number of hydrogen-bond donors (Lipinski definition) is 0. The van der Waals surface area contributed by atoms with Gasteiger partial charge in [-0.3, -0.25) is 4.90 Å². The summed E-state index contributed by atoms with van der Waals surface area (Å²) in [6.45, 7) is 4.85. The molecule has 0 saturated heterocycles. The van der Waals surface area contributed by atoms with Gasteiger partial charge in [-0.1, -0.05) is 90.5 Å². The van der Waals surface area contributed by atoms with Crippen LogP contribution in [0, 0.1) is 0 Å². The van der Waals surface area contributed by atoms with Crippen LogP contribution in [0.25, 0.3) is 10.9 Å². The maximum absolute atomic E-state index is 13.7. The third-order valence-corrected chi connectivity index (χ3v) is 10.5. The smallest absolute Gasteiger partial charge is 0.417 e. The number of alkyl halides is 3. The number of aromatic nitrogens is 1. The van der Waals surface area contributed by atoms with Gasteiger partial charge in [-0.05, 0) is 61.2 Å². The number of nitrogens with zero attached hydrogens (tertiary/aromatic N) is 2. The van der Waals surface area contributed by atoms with E-state index in [0.29, 0.717) is 48.3 Å². The second-order valence-corrected chi connectivity index (χ2v) is 14.2. The van der Waals surface area contributed by atoms with E-state index in [1.54, 1.807) is 50.4 Å². The van der Waals surface area contributed by atoms with Crippen LogP contribution in [0.5, 0.6) is 5.75 Å². The van der Waals surface area contributed by atoms with Crippen molar-refractivity contribution < 1.29 is 26.3 Å². The minimum Gasteiger partial charge on any atom is -0.493 e. The molecule has 0 N–H and O–H groups in total. The van der Waals surface area contributed by atoms with Gasteiger partial charge in [0.25, 0.3) is 0 Å². The zero-order valence-corrected chi connectivity index (χ0v) is 27.2. The van der Waals surface area contributed by atoms with Crippen LogP contribution >= 0.6 is 11.6 Å². The molecular weight excluding hydrogens is 633 g/mol. The normalized spacial score (nSPS) is 12.5. The summed E-state index contributed by atoms with van der Waals surface area (Å²) < 4.78 is 74.2. The highest BCUT2D eigenvalue weighted by Crippen LogP contribution is 2.37. The van der Waals surface area contributed by atoms with Crippen LogP contribution in [0.4, 0.5) is 13.2 Å². The highest BCUT2D eigenvalue weighted by Gasteiger charge is 2.34. The molecule has 5 aromatic rings. The number of hydrogen-bond acceptors (Lipinski definition) is 4. The summed E-state index contributed by atoms with van der Waals surface area (Å²) in [6.07, 6.45) is -2.45. The molecule has 0 unspecified atom stereocenters. The van der Waals surface area contributed by atoms with Crippen molar-refractivity contribution in [3.63, 3.8) is 0 Å². The largest absolute Gasteiger partial charge is 0.493 e. The monoisotopic (exact) mass is 668 g/mol. The lowest BCUT2D eigenvalue weighted by molar-refractivity contribution is -0.137.